The molecular weight excluding hydrogens is 226 g/mol. The monoisotopic (exact) mass is 249 g/mol. The van der Waals surface area contributed by atoms with Crippen LogP contribution in [-0.4, -0.2) is 36.8 Å². The largest absolute Gasteiger partial charge is 0.353 e. The Morgan fingerprint density at radius 3 is 2.50 bits per heavy atom. The maximum absolute atomic E-state index is 4.67. The van der Waals surface area contributed by atoms with Gasteiger partial charge in [-0.3, -0.25) is 0 Å². The van der Waals surface area contributed by atoms with E-state index in [-0.39, 0.29) is 0 Å². The molecule has 0 aromatic carbocycles. The van der Waals surface area contributed by atoms with Crippen molar-refractivity contribution in [1.29, 1.82) is 0 Å². The van der Waals surface area contributed by atoms with E-state index in [1.54, 1.807) is 0 Å². The van der Waals surface area contributed by atoms with E-state index in [2.05, 4.69) is 52.9 Å². The summed E-state index contributed by atoms with van der Waals surface area (Å²) in [6, 6.07) is 0. The number of rotatable bonds is 5. The molecule has 1 aliphatic heterocycles. The number of nitrogens with zero attached hydrogens (tertiary/aromatic N) is 4. The Kier molecular flexibility index (Phi) is 3.89. The molecule has 0 amide bonds. The molecule has 0 bridgehead atoms. The summed E-state index contributed by atoms with van der Waals surface area (Å²) in [5.74, 6) is 1.83. The minimum absolute atomic E-state index is 0.815. The van der Waals surface area contributed by atoms with Gasteiger partial charge < -0.3 is 15.1 Å². The highest BCUT2D eigenvalue weighted by Gasteiger charge is 2.22. The second kappa shape index (κ2) is 5.42. The fourth-order valence-corrected chi connectivity index (χ4v) is 2.40. The Morgan fingerprint density at radius 1 is 1.22 bits per heavy atom. The van der Waals surface area contributed by atoms with Crippen molar-refractivity contribution in [2.75, 3.05) is 41.9 Å². The molecule has 0 saturated heterocycles. The van der Waals surface area contributed by atoms with Crippen molar-refractivity contribution < 1.29 is 0 Å². The van der Waals surface area contributed by atoms with Crippen LogP contribution < -0.4 is 15.1 Å². The average Bonchev–Trinajstić information content (AvgIpc) is 2.71. The number of nitrogens with one attached hydrogen (secondary N) is 1. The molecular formula is C13H23N5. The third kappa shape index (κ3) is 2.35. The van der Waals surface area contributed by atoms with Gasteiger partial charge in [0.05, 0.1) is 12.4 Å². The van der Waals surface area contributed by atoms with Gasteiger partial charge in [-0.1, -0.05) is 13.8 Å². The lowest BCUT2D eigenvalue weighted by molar-refractivity contribution is 0.720. The number of aryl methyl sites for hydroxylation is 1. The van der Waals surface area contributed by atoms with Gasteiger partial charge in [-0.15, -0.1) is 0 Å². The minimum Gasteiger partial charge on any atom is -0.353 e. The van der Waals surface area contributed by atoms with Crippen molar-refractivity contribution in [3.05, 3.63) is 5.69 Å². The van der Waals surface area contributed by atoms with Crippen LogP contribution in [0.4, 0.5) is 17.5 Å². The Morgan fingerprint density at radius 2 is 1.89 bits per heavy atom. The van der Waals surface area contributed by atoms with Gasteiger partial charge in [0.2, 0.25) is 5.95 Å². The van der Waals surface area contributed by atoms with E-state index in [0.29, 0.717) is 0 Å². The molecule has 100 valence electrons. The lowest BCUT2D eigenvalue weighted by Gasteiger charge is -2.22. The zero-order valence-electron chi connectivity index (χ0n) is 11.8. The molecule has 1 N–H and O–H groups in total. The quantitative estimate of drug-likeness (QED) is 0.867. The smallest absolute Gasteiger partial charge is 0.227 e. The number of hydrogen-bond donors (Lipinski definition) is 1. The summed E-state index contributed by atoms with van der Waals surface area (Å²) in [6.07, 6.45) is 2.24. The first-order valence-corrected chi connectivity index (χ1v) is 6.76. The Hall–Kier alpha value is -1.52. The first-order valence-electron chi connectivity index (χ1n) is 6.76. The van der Waals surface area contributed by atoms with Gasteiger partial charge in [0.15, 0.2) is 5.82 Å². The van der Waals surface area contributed by atoms with Gasteiger partial charge in [-0.05, 0) is 19.8 Å². The van der Waals surface area contributed by atoms with E-state index >= 15 is 0 Å². The summed E-state index contributed by atoms with van der Waals surface area (Å²) < 4.78 is 0. The molecule has 0 unspecified atom stereocenters. The van der Waals surface area contributed by atoms with Crippen molar-refractivity contribution in [1.82, 2.24) is 9.97 Å². The van der Waals surface area contributed by atoms with E-state index in [1.807, 2.05) is 0 Å². The van der Waals surface area contributed by atoms with Gasteiger partial charge in [0, 0.05) is 20.1 Å². The number of aromatic nitrogens is 2. The van der Waals surface area contributed by atoms with Gasteiger partial charge in [0.25, 0.3) is 0 Å². The molecule has 0 fully saturated rings. The highest BCUT2D eigenvalue weighted by molar-refractivity contribution is 5.74. The van der Waals surface area contributed by atoms with Gasteiger partial charge in [0.1, 0.15) is 5.69 Å². The van der Waals surface area contributed by atoms with Crippen molar-refractivity contribution in [2.24, 2.45) is 0 Å². The molecule has 2 rings (SSSR count). The molecule has 0 saturated carbocycles. The molecule has 1 aliphatic rings. The van der Waals surface area contributed by atoms with Crippen molar-refractivity contribution in [3.63, 3.8) is 0 Å². The molecule has 0 spiro atoms. The number of hydrogen-bond acceptors (Lipinski definition) is 5. The normalized spacial score (nSPS) is 13.4. The van der Waals surface area contributed by atoms with Crippen LogP contribution in [0.2, 0.25) is 0 Å². The maximum atomic E-state index is 4.67. The summed E-state index contributed by atoms with van der Waals surface area (Å²) in [4.78, 5) is 13.8. The van der Waals surface area contributed by atoms with Gasteiger partial charge >= 0.3 is 0 Å². The fourth-order valence-electron chi connectivity index (χ4n) is 2.40. The first kappa shape index (κ1) is 12.9. The summed E-state index contributed by atoms with van der Waals surface area (Å²) in [7, 11) is 2.06. The lowest BCUT2D eigenvalue weighted by Crippen LogP contribution is -2.27. The predicted octanol–water partition coefficient (Wildman–Crippen LogP) is 2.23. The van der Waals surface area contributed by atoms with E-state index in [0.717, 1.165) is 55.7 Å². The minimum atomic E-state index is 0.815. The lowest BCUT2D eigenvalue weighted by atomic mass is 10.3. The maximum Gasteiger partial charge on any atom is 0.227 e. The van der Waals surface area contributed by atoms with Crippen LogP contribution in [0.5, 0.6) is 0 Å². The van der Waals surface area contributed by atoms with Crippen molar-refractivity contribution in [3.8, 4) is 0 Å². The third-order valence-corrected chi connectivity index (χ3v) is 3.18. The second-order valence-corrected chi connectivity index (χ2v) is 4.83. The van der Waals surface area contributed by atoms with Crippen LogP contribution in [-0.2, 0) is 0 Å². The second-order valence-electron chi connectivity index (χ2n) is 4.83. The van der Waals surface area contributed by atoms with Crippen LogP contribution in [0.15, 0.2) is 0 Å². The highest BCUT2D eigenvalue weighted by Crippen LogP contribution is 2.32. The summed E-state index contributed by atoms with van der Waals surface area (Å²) in [5.41, 5.74) is 2.19. The van der Waals surface area contributed by atoms with Gasteiger partial charge in [-0.2, -0.15) is 4.98 Å². The van der Waals surface area contributed by atoms with Crippen molar-refractivity contribution >= 4 is 17.5 Å². The van der Waals surface area contributed by atoms with Crippen molar-refractivity contribution in [2.45, 2.75) is 33.6 Å². The zero-order valence-corrected chi connectivity index (χ0v) is 11.8. The van der Waals surface area contributed by atoms with Crippen LogP contribution in [0.25, 0.3) is 0 Å². The molecule has 1 aromatic heterocycles. The number of anilines is 3. The SMILES string of the molecule is CCCN(CCC)c1nc(C)c2c(n1)NCN2C. The summed E-state index contributed by atoms with van der Waals surface area (Å²) in [5, 5.41) is 3.32. The first-order chi connectivity index (χ1) is 8.67. The van der Waals surface area contributed by atoms with Gasteiger partial charge in [-0.25, -0.2) is 4.98 Å². The molecule has 5 nitrogen and oxygen atoms in total. The third-order valence-electron chi connectivity index (χ3n) is 3.18. The Balaban J connectivity index is 2.31. The Labute approximate surface area is 109 Å². The number of fused-ring (bicyclic) bond motifs is 1. The van der Waals surface area contributed by atoms with E-state index < -0.39 is 0 Å². The van der Waals surface area contributed by atoms with Crippen LogP contribution in [0.1, 0.15) is 32.4 Å². The Bertz CT molecular complexity index is 412. The molecule has 5 heteroatoms. The van der Waals surface area contributed by atoms with E-state index in [4.69, 9.17) is 0 Å². The summed E-state index contributed by atoms with van der Waals surface area (Å²) >= 11 is 0. The molecule has 18 heavy (non-hydrogen) atoms. The topological polar surface area (TPSA) is 44.3 Å². The molecule has 0 atom stereocenters. The van der Waals surface area contributed by atoms with Crippen LogP contribution in [0.3, 0.4) is 0 Å². The average molecular weight is 249 g/mol. The molecule has 0 aliphatic carbocycles. The molecule has 1 aromatic rings. The molecule has 0 radical (unpaired) electrons. The highest BCUT2D eigenvalue weighted by atomic mass is 15.3. The predicted molar refractivity (Wildman–Crippen MR) is 76.5 cm³/mol. The fraction of sp³-hybridized carbons (Fsp3) is 0.692. The zero-order chi connectivity index (χ0) is 13.1. The van der Waals surface area contributed by atoms with E-state index in [9.17, 15) is 0 Å². The standard InChI is InChI=1S/C13H23N5/c1-5-7-18(8-6-2)13-15-10(3)11-12(16-13)14-9-17(11)4/h5-9H2,1-4H3,(H,14,15,16). The molecule has 2 heterocycles. The van der Waals surface area contributed by atoms with E-state index in [1.165, 1.54) is 0 Å². The summed E-state index contributed by atoms with van der Waals surface area (Å²) in [6.45, 7) is 9.28. The van der Waals surface area contributed by atoms with Crippen LogP contribution in [0, 0.1) is 6.92 Å². The van der Waals surface area contributed by atoms with Crippen LogP contribution >= 0.6 is 0 Å².